The largest absolute Gasteiger partial charge is 0.465 e. The maximum Gasteiger partial charge on any atom is 0.305 e. The van der Waals surface area contributed by atoms with E-state index in [9.17, 15) is 14.4 Å². The summed E-state index contributed by atoms with van der Waals surface area (Å²) < 4.78 is 11.6. The second-order valence-corrected chi connectivity index (χ2v) is 20.7. The number of unbranched alkanes of at least 4 members (excludes halogenated alkanes) is 24. The van der Waals surface area contributed by atoms with Gasteiger partial charge in [-0.2, -0.15) is 0 Å². The van der Waals surface area contributed by atoms with Crippen molar-refractivity contribution in [1.82, 2.24) is 9.80 Å². The van der Waals surface area contributed by atoms with Crippen LogP contribution in [-0.2, 0) is 23.9 Å². The van der Waals surface area contributed by atoms with E-state index < -0.39 is 0 Å². The number of esters is 2. The molecule has 0 aliphatic heterocycles. The van der Waals surface area contributed by atoms with Crippen molar-refractivity contribution < 1.29 is 23.9 Å². The number of hydrogen-bond donors (Lipinski definition) is 0. The summed E-state index contributed by atoms with van der Waals surface area (Å²) >= 11 is 0. The molecule has 0 aromatic carbocycles. The monoisotopic (exact) mass is 919 g/mol. The second-order valence-electron chi connectivity index (χ2n) is 20.7. The molecule has 7 heteroatoms. The van der Waals surface area contributed by atoms with E-state index in [0.29, 0.717) is 56.3 Å². The normalized spacial score (nSPS) is 13.0. The molecule has 3 unspecified atom stereocenters. The molecule has 0 radical (unpaired) electrons. The van der Waals surface area contributed by atoms with Gasteiger partial charge in [-0.25, -0.2) is 0 Å². The van der Waals surface area contributed by atoms with Gasteiger partial charge in [0.25, 0.3) is 0 Å². The van der Waals surface area contributed by atoms with E-state index in [-0.39, 0.29) is 11.9 Å². The lowest BCUT2D eigenvalue weighted by Gasteiger charge is -2.33. The molecule has 1 amide bonds. The summed E-state index contributed by atoms with van der Waals surface area (Å²) in [5, 5.41) is 0. The highest BCUT2D eigenvalue weighted by atomic mass is 16.5. The number of hydrogen-bond acceptors (Lipinski definition) is 6. The molecule has 0 N–H and O–H groups in total. The predicted molar refractivity (Wildman–Crippen MR) is 281 cm³/mol. The Kier molecular flexibility index (Phi) is 47.6. The minimum atomic E-state index is -0.00675. The first kappa shape index (κ1) is 63.4. The van der Waals surface area contributed by atoms with Gasteiger partial charge in [-0.1, -0.05) is 214 Å². The lowest BCUT2D eigenvalue weighted by atomic mass is 9.96. The van der Waals surface area contributed by atoms with Gasteiger partial charge in [0.05, 0.1) is 13.2 Å². The van der Waals surface area contributed by atoms with Gasteiger partial charge in [-0.15, -0.1) is 0 Å². The van der Waals surface area contributed by atoms with Crippen LogP contribution >= 0.6 is 0 Å². The van der Waals surface area contributed by atoms with Crippen LogP contribution in [-0.4, -0.2) is 74.1 Å². The quantitative estimate of drug-likeness (QED) is 0.0447. The molecule has 0 heterocycles. The molecule has 0 bridgehead atoms. The fraction of sp³-hybridized carbons (Fsp3) is 0.948. The van der Waals surface area contributed by atoms with Gasteiger partial charge >= 0.3 is 11.9 Å². The van der Waals surface area contributed by atoms with E-state index in [1.807, 2.05) is 0 Å². The van der Waals surface area contributed by atoms with Crippen molar-refractivity contribution in [2.45, 2.75) is 304 Å². The van der Waals surface area contributed by atoms with Crippen LogP contribution in [0.5, 0.6) is 0 Å². The SMILES string of the molecule is CCCCCCCCC(=O)N(CCCN(C)C)C(CCCCCCCCC(=O)OCC(CCCC)CCCCCC)CCCCCCCCC(=O)OCC(CCCC)CCCCCCC. The zero-order valence-electron chi connectivity index (χ0n) is 45.0. The zero-order valence-corrected chi connectivity index (χ0v) is 45.0. The average Bonchev–Trinajstić information content (AvgIpc) is 3.29. The minimum Gasteiger partial charge on any atom is -0.465 e. The van der Waals surface area contributed by atoms with Gasteiger partial charge in [-0.05, 0) is 96.7 Å². The van der Waals surface area contributed by atoms with Gasteiger partial charge in [0.15, 0.2) is 0 Å². The Balaban J connectivity index is 4.96. The van der Waals surface area contributed by atoms with Crippen molar-refractivity contribution >= 4 is 17.8 Å². The van der Waals surface area contributed by atoms with Crippen molar-refractivity contribution in [3.63, 3.8) is 0 Å². The van der Waals surface area contributed by atoms with E-state index in [1.165, 1.54) is 161 Å². The molecule has 7 nitrogen and oxygen atoms in total. The van der Waals surface area contributed by atoms with Crippen molar-refractivity contribution in [2.24, 2.45) is 11.8 Å². The van der Waals surface area contributed by atoms with Crippen molar-refractivity contribution in [1.29, 1.82) is 0 Å². The Bertz CT molecular complexity index is 1040. The van der Waals surface area contributed by atoms with Crippen molar-refractivity contribution in [3.05, 3.63) is 0 Å². The summed E-state index contributed by atoms with van der Waals surface area (Å²) in [5.41, 5.74) is 0. The Morgan fingerprint density at radius 2 is 0.677 bits per heavy atom. The fourth-order valence-corrected chi connectivity index (χ4v) is 9.51. The molecule has 0 rings (SSSR count). The van der Waals surface area contributed by atoms with Crippen molar-refractivity contribution in [2.75, 3.05) is 40.4 Å². The summed E-state index contributed by atoms with van der Waals surface area (Å²) in [6, 6.07) is 0.319. The van der Waals surface area contributed by atoms with Gasteiger partial charge in [0.1, 0.15) is 0 Å². The highest BCUT2D eigenvalue weighted by Crippen LogP contribution is 2.23. The molecule has 0 aliphatic rings. The predicted octanol–water partition coefficient (Wildman–Crippen LogP) is 17.2. The Hall–Kier alpha value is -1.63. The third kappa shape index (κ3) is 42.2. The molecule has 0 saturated heterocycles. The Morgan fingerprint density at radius 3 is 1.08 bits per heavy atom. The third-order valence-corrected chi connectivity index (χ3v) is 13.9. The molecule has 0 spiro atoms. The van der Waals surface area contributed by atoms with Crippen LogP contribution in [0.1, 0.15) is 298 Å². The molecule has 0 aliphatic carbocycles. The average molecular weight is 920 g/mol. The maximum absolute atomic E-state index is 13.9. The van der Waals surface area contributed by atoms with Crippen LogP contribution in [0.25, 0.3) is 0 Å². The topological polar surface area (TPSA) is 76.2 Å². The number of nitrogens with zero attached hydrogens (tertiary/aromatic N) is 2. The van der Waals surface area contributed by atoms with Crippen LogP contribution in [0, 0.1) is 11.8 Å². The first-order valence-electron chi connectivity index (χ1n) is 29.0. The summed E-state index contributed by atoms with van der Waals surface area (Å²) in [5.74, 6) is 1.41. The molecule has 386 valence electrons. The molecule has 0 saturated carbocycles. The molecule has 0 aromatic rings. The zero-order chi connectivity index (χ0) is 47.9. The van der Waals surface area contributed by atoms with Crippen LogP contribution in [0.3, 0.4) is 0 Å². The van der Waals surface area contributed by atoms with Crippen LogP contribution in [0.15, 0.2) is 0 Å². The van der Waals surface area contributed by atoms with E-state index in [1.54, 1.807) is 0 Å². The van der Waals surface area contributed by atoms with Crippen LogP contribution < -0.4 is 0 Å². The molecular weight excluding hydrogens is 805 g/mol. The van der Waals surface area contributed by atoms with Crippen LogP contribution in [0.2, 0.25) is 0 Å². The molecule has 3 atom stereocenters. The summed E-state index contributed by atoms with van der Waals surface area (Å²) in [4.78, 5) is 43.7. The minimum absolute atomic E-state index is 0.00475. The smallest absolute Gasteiger partial charge is 0.305 e. The standard InChI is InChI=1S/C58H114N2O5/c1-8-13-18-21-29-36-46-56(61)60(50-39-49-59(6)7)55(44-34-27-22-24-30-37-47-57(62)64-51-53(40-16-11-4)42-32-20-15-10-3)45-35-28-23-25-31-38-48-58(63)65-52-54(41-17-12-5)43-33-26-19-14-9-2/h53-55H,8-52H2,1-7H3. The van der Waals surface area contributed by atoms with E-state index in [4.69, 9.17) is 9.47 Å². The second kappa shape index (κ2) is 48.8. The molecular formula is C58H114N2O5. The van der Waals surface area contributed by atoms with Gasteiger partial charge in [0.2, 0.25) is 5.91 Å². The lowest BCUT2D eigenvalue weighted by Crippen LogP contribution is -2.41. The Labute approximate surface area is 406 Å². The van der Waals surface area contributed by atoms with Gasteiger partial charge < -0.3 is 19.3 Å². The first-order valence-corrected chi connectivity index (χ1v) is 29.0. The summed E-state index contributed by atoms with van der Waals surface area (Å²) in [6.07, 6.45) is 46.9. The van der Waals surface area contributed by atoms with E-state index in [0.717, 1.165) is 96.6 Å². The lowest BCUT2D eigenvalue weighted by molar-refractivity contribution is -0.146. The maximum atomic E-state index is 13.9. The van der Waals surface area contributed by atoms with Gasteiger partial charge in [0, 0.05) is 31.8 Å². The molecule has 0 aromatic heterocycles. The molecule has 65 heavy (non-hydrogen) atoms. The number of rotatable bonds is 51. The number of ether oxygens (including phenoxy) is 2. The van der Waals surface area contributed by atoms with E-state index in [2.05, 4.69) is 58.5 Å². The fourth-order valence-electron chi connectivity index (χ4n) is 9.51. The number of carbonyl (C=O) groups excluding carboxylic acids is 3. The van der Waals surface area contributed by atoms with Gasteiger partial charge in [-0.3, -0.25) is 14.4 Å². The number of carbonyl (C=O) groups is 3. The highest BCUT2D eigenvalue weighted by molar-refractivity contribution is 5.76. The summed E-state index contributed by atoms with van der Waals surface area (Å²) in [6.45, 7) is 14.4. The Morgan fingerprint density at radius 1 is 0.354 bits per heavy atom. The molecule has 0 fully saturated rings. The summed E-state index contributed by atoms with van der Waals surface area (Å²) in [7, 11) is 4.26. The number of amides is 1. The van der Waals surface area contributed by atoms with E-state index >= 15 is 0 Å². The van der Waals surface area contributed by atoms with Crippen molar-refractivity contribution in [3.8, 4) is 0 Å². The third-order valence-electron chi connectivity index (χ3n) is 13.9. The highest BCUT2D eigenvalue weighted by Gasteiger charge is 2.23. The first-order chi connectivity index (χ1) is 31.7. The van der Waals surface area contributed by atoms with Crippen LogP contribution in [0.4, 0.5) is 0 Å².